The fraction of sp³-hybridized carbons (Fsp3) is 0.417. The van der Waals surface area contributed by atoms with Gasteiger partial charge in [0.2, 0.25) is 0 Å². The van der Waals surface area contributed by atoms with Gasteiger partial charge in [0.1, 0.15) is 5.84 Å². The molecule has 0 unspecified atom stereocenters. The highest BCUT2D eigenvalue weighted by atomic mass is 35.5. The van der Waals surface area contributed by atoms with E-state index in [4.69, 9.17) is 23.2 Å². The maximum atomic E-state index is 6.10. The fourth-order valence-electron chi connectivity index (χ4n) is 1.73. The maximum absolute atomic E-state index is 6.10. The molecule has 0 fully saturated rings. The van der Waals surface area contributed by atoms with Crippen LogP contribution >= 0.6 is 23.2 Å². The zero-order valence-corrected chi connectivity index (χ0v) is 10.5. The number of hydrogen-bond donors (Lipinski definition) is 1. The van der Waals surface area contributed by atoms with E-state index in [0.717, 1.165) is 24.5 Å². The van der Waals surface area contributed by atoms with Crippen molar-refractivity contribution in [2.45, 2.75) is 25.7 Å². The van der Waals surface area contributed by atoms with Crippen LogP contribution in [-0.2, 0) is 0 Å². The summed E-state index contributed by atoms with van der Waals surface area (Å²) < 4.78 is 0. The largest absolute Gasteiger partial charge is 0.343 e. The lowest BCUT2D eigenvalue weighted by molar-refractivity contribution is 0.731. The van der Waals surface area contributed by atoms with Gasteiger partial charge in [-0.1, -0.05) is 35.7 Å². The van der Waals surface area contributed by atoms with E-state index in [-0.39, 0.29) is 0 Å². The second-order valence-electron chi connectivity index (χ2n) is 3.87. The molecule has 0 spiro atoms. The second-order valence-corrected chi connectivity index (χ2v) is 4.65. The molecule has 16 heavy (non-hydrogen) atoms. The Morgan fingerprint density at radius 2 is 2.00 bits per heavy atom. The molecule has 0 aromatic heterocycles. The summed E-state index contributed by atoms with van der Waals surface area (Å²) >= 11 is 12.1. The van der Waals surface area contributed by atoms with Crippen LogP contribution in [0.1, 0.15) is 25.7 Å². The van der Waals surface area contributed by atoms with E-state index in [9.17, 15) is 0 Å². The van der Waals surface area contributed by atoms with E-state index in [1.165, 1.54) is 19.3 Å². The zero-order valence-electron chi connectivity index (χ0n) is 8.97. The van der Waals surface area contributed by atoms with Gasteiger partial charge in [0.05, 0.1) is 15.7 Å². The molecular weight excluding hydrogens is 243 g/mol. The van der Waals surface area contributed by atoms with Crippen molar-refractivity contribution in [3.63, 3.8) is 0 Å². The van der Waals surface area contributed by atoms with Gasteiger partial charge < -0.3 is 5.32 Å². The lowest BCUT2D eigenvalue weighted by atomic mass is 10.2. The SMILES string of the molecule is Clc1cccc(NC2=NCCCCC2)c1Cl. The summed E-state index contributed by atoms with van der Waals surface area (Å²) in [5.74, 6) is 1.02. The van der Waals surface area contributed by atoms with Gasteiger partial charge in [0.15, 0.2) is 0 Å². The molecule has 86 valence electrons. The summed E-state index contributed by atoms with van der Waals surface area (Å²) in [5.41, 5.74) is 0.842. The Morgan fingerprint density at radius 3 is 2.88 bits per heavy atom. The number of benzene rings is 1. The van der Waals surface area contributed by atoms with Crippen LogP contribution in [0.2, 0.25) is 10.0 Å². The first kappa shape index (κ1) is 11.7. The van der Waals surface area contributed by atoms with Gasteiger partial charge in [-0.25, -0.2) is 0 Å². The standard InChI is InChI=1S/C12H14Cl2N2/c13-9-5-4-6-10(12(9)14)16-11-7-2-1-3-8-15-11/h4-6H,1-3,7-8H2,(H,15,16). The Kier molecular flexibility index (Phi) is 4.08. The molecular formula is C12H14Cl2N2. The first-order valence-corrected chi connectivity index (χ1v) is 6.27. The van der Waals surface area contributed by atoms with Gasteiger partial charge in [-0.15, -0.1) is 0 Å². The van der Waals surface area contributed by atoms with Crippen molar-refractivity contribution in [3.8, 4) is 0 Å². The number of anilines is 1. The number of nitrogens with one attached hydrogen (secondary N) is 1. The van der Waals surface area contributed by atoms with Crippen molar-refractivity contribution in [1.82, 2.24) is 0 Å². The number of halogens is 2. The smallest absolute Gasteiger partial charge is 0.101 e. The summed E-state index contributed by atoms with van der Waals surface area (Å²) in [6.45, 7) is 0.903. The normalized spacial score (nSPS) is 16.5. The Hall–Kier alpha value is -0.730. The van der Waals surface area contributed by atoms with Crippen LogP contribution in [0, 0.1) is 0 Å². The minimum absolute atomic E-state index is 0.566. The van der Waals surface area contributed by atoms with E-state index < -0.39 is 0 Å². The van der Waals surface area contributed by atoms with Gasteiger partial charge in [-0.05, 0) is 25.0 Å². The lowest BCUT2D eigenvalue weighted by Crippen LogP contribution is -2.11. The van der Waals surface area contributed by atoms with Crippen molar-refractivity contribution < 1.29 is 0 Å². The fourth-order valence-corrected chi connectivity index (χ4v) is 2.08. The highest BCUT2D eigenvalue weighted by molar-refractivity contribution is 6.44. The predicted molar refractivity (Wildman–Crippen MR) is 70.9 cm³/mol. The quantitative estimate of drug-likeness (QED) is 0.793. The lowest BCUT2D eigenvalue weighted by Gasteiger charge is -2.10. The van der Waals surface area contributed by atoms with E-state index in [1.54, 1.807) is 6.07 Å². The van der Waals surface area contributed by atoms with Crippen molar-refractivity contribution in [1.29, 1.82) is 0 Å². The number of nitrogens with zero attached hydrogens (tertiary/aromatic N) is 1. The molecule has 2 nitrogen and oxygen atoms in total. The Labute approximate surface area is 106 Å². The van der Waals surface area contributed by atoms with Crippen LogP contribution < -0.4 is 5.32 Å². The monoisotopic (exact) mass is 256 g/mol. The van der Waals surface area contributed by atoms with Gasteiger partial charge in [0, 0.05) is 13.0 Å². The topological polar surface area (TPSA) is 24.4 Å². The van der Waals surface area contributed by atoms with Crippen molar-refractivity contribution >= 4 is 34.7 Å². The molecule has 1 aliphatic rings. The van der Waals surface area contributed by atoms with Crippen LogP contribution in [0.4, 0.5) is 5.69 Å². The molecule has 1 aromatic carbocycles. The van der Waals surface area contributed by atoms with Crippen LogP contribution in [0.5, 0.6) is 0 Å². The van der Waals surface area contributed by atoms with Crippen LogP contribution in [0.15, 0.2) is 23.2 Å². The van der Waals surface area contributed by atoms with Crippen molar-refractivity contribution in [2.24, 2.45) is 4.99 Å². The van der Waals surface area contributed by atoms with Gasteiger partial charge in [-0.3, -0.25) is 4.99 Å². The first-order valence-electron chi connectivity index (χ1n) is 5.52. The highest BCUT2D eigenvalue weighted by Crippen LogP contribution is 2.29. The Bertz CT molecular complexity index is 402. The van der Waals surface area contributed by atoms with E-state index >= 15 is 0 Å². The molecule has 0 saturated heterocycles. The molecule has 0 atom stereocenters. The van der Waals surface area contributed by atoms with Gasteiger partial charge in [0.25, 0.3) is 0 Å². The molecule has 0 amide bonds. The highest BCUT2D eigenvalue weighted by Gasteiger charge is 2.08. The number of aliphatic imine (C=N–C) groups is 1. The van der Waals surface area contributed by atoms with Crippen LogP contribution in [0.25, 0.3) is 0 Å². The van der Waals surface area contributed by atoms with Gasteiger partial charge >= 0.3 is 0 Å². The number of rotatable bonds is 1. The van der Waals surface area contributed by atoms with Crippen LogP contribution in [-0.4, -0.2) is 12.4 Å². The third kappa shape index (κ3) is 2.89. The zero-order chi connectivity index (χ0) is 11.4. The summed E-state index contributed by atoms with van der Waals surface area (Å²) in [7, 11) is 0. The number of hydrogen-bond acceptors (Lipinski definition) is 2. The first-order chi connectivity index (χ1) is 7.77. The summed E-state index contributed by atoms with van der Waals surface area (Å²) in [4.78, 5) is 4.49. The average molecular weight is 257 g/mol. The molecule has 2 rings (SSSR count). The van der Waals surface area contributed by atoms with E-state index in [2.05, 4.69) is 10.3 Å². The number of amidine groups is 1. The van der Waals surface area contributed by atoms with E-state index in [0.29, 0.717) is 10.0 Å². The minimum Gasteiger partial charge on any atom is -0.343 e. The Balaban J connectivity index is 2.13. The molecule has 0 saturated carbocycles. The summed E-state index contributed by atoms with van der Waals surface area (Å²) in [5, 5.41) is 4.40. The van der Waals surface area contributed by atoms with Crippen molar-refractivity contribution in [2.75, 3.05) is 11.9 Å². The van der Waals surface area contributed by atoms with Crippen LogP contribution in [0.3, 0.4) is 0 Å². The van der Waals surface area contributed by atoms with E-state index in [1.807, 2.05) is 12.1 Å². The van der Waals surface area contributed by atoms with Gasteiger partial charge in [-0.2, -0.15) is 0 Å². The molecule has 1 N–H and O–H groups in total. The predicted octanol–water partition coefficient (Wildman–Crippen LogP) is 4.38. The average Bonchev–Trinajstić information content (AvgIpc) is 2.53. The molecule has 4 heteroatoms. The third-order valence-corrected chi connectivity index (χ3v) is 3.42. The molecule has 0 bridgehead atoms. The molecule has 1 aliphatic heterocycles. The maximum Gasteiger partial charge on any atom is 0.101 e. The molecule has 1 heterocycles. The third-order valence-electron chi connectivity index (χ3n) is 2.60. The van der Waals surface area contributed by atoms with Crippen molar-refractivity contribution in [3.05, 3.63) is 28.2 Å². The minimum atomic E-state index is 0.566. The molecule has 0 aliphatic carbocycles. The molecule has 1 aromatic rings. The molecule has 0 radical (unpaired) electrons. The summed E-state index contributed by atoms with van der Waals surface area (Å²) in [6, 6.07) is 5.58. The second kappa shape index (κ2) is 5.55. The Morgan fingerprint density at radius 1 is 1.12 bits per heavy atom. The summed E-state index contributed by atoms with van der Waals surface area (Å²) in [6.07, 6.45) is 4.60.